The zero-order valence-corrected chi connectivity index (χ0v) is 17.7. The maximum Gasteiger partial charge on any atom is 0.215 e. The first-order valence-corrected chi connectivity index (χ1v) is 11.6. The first kappa shape index (κ1) is 21.1. The van der Waals surface area contributed by atoms with Gasteiger partial charge in [-0.1, -0.05) is 38.1 Å². The van der Waals surface area contributed by atoms with Gasteiger partial charge in [-0.2, -0.15) is 11.8 Å². The first-order valence-electron chi connectivity index (χ1n) is 8.91. The number of guanidine groups is 1. The summed E-state index contributed by atoms with van der Waals surface area (Å²) in [6.45, 7) is 7.15. The topological polar surface area (TPSA) is 73.8 Å². The van der Waals surface area contributed by atoms with Gasteiger partial charge in [0.15, 0.2) is 5.96 Å². The summed E-state index contributed by atoms with van der Waals surface area (Å²) in [4.78, 5) is 6.75. The molecule has 2 rings (SSSR count). The average Bonchev–Trinajstić information content (AvgIpc) is 2.62. The molecule has 1 saturated heterocycles. The molecule has 0 radical (unpaired) electrons. The number of nitrogens with zero attached hydrogens (tertiary/aromatic N) is 2. The lowest BCUT2D eigenvalue weighted by Gasteiger charge is -2.36. The van der Waals surface area contributed by atoms with Crippen LogP contribution < -0.4 is 10.0 Å². The van der Waals surface area contributed by atoms with Crippen molar-refractivity contribution < 1.29 is 8.42 Å². The Morgan fingerprint density at radius 2 is 2.12 bits per heavy atom. The highest BCUT2D eigenvalue weighted by molar-refractivity contribution is 8.00. The van der Waals surface area contributed by atoms with E-state index in [1.807, 2.05) is 43.1 Å². The number of rotatable bonds is 6. The largest absolute Gasteiger partial charge is 0.352 e. The van der Waals surface area contributed by atoms with Crippen LogP contribution in [-0.2, 0) is 22.3 Å². The van der Waals surface area contributed by atoms with Crippen molar-refractivity contribution in [2.45, 2.75) is 31.4 Å². The molecule has 0 saturated carbocycles. The van der Waals surface area contributed by atoms with E-state index in [9.17, 15) is 8.42 Å². The first-order chi connectivity index (χ1) is 12.3. The SMILES string of the molecule is CN=C(NCc1cccc(CS(=O)(=O)NC)c1)N1CCSC(C(C)C)C1. The Labute approximate surface area is 161 Å². The van der Waals surface area contributed by atoms with Gasteiger partial charge in [-0.25, -0.2) is 13.1 Å². The smallest absolute Gasteiger partial charge is 0.215 e. The van der Waals surface area contributed by atoms with Gasteiger partial charge in [0.05, 0.1) is 5.75 Å². The van der Waals surface area contributed by atoms with Gasteiger partial charge in [-0.15, -0.1) is 0 Å². The van der Waals surface area contributed by atoms with Crippen LogP contribution in [0.2, 0.25) is 0 Å². The Morgan fingerprint density at radius 3 is 2.77 bits per heavy atom. The van der Waals surface area contributed by atoms with Crippen LogP contribution in [0.4, 0.5) is 0 Å². The quantitative estimate of drug-likeness (QED) is 0.565. The van der Waals surface area contributed by atoms with Crippen molar-refractivity contribution in [3.05, 3.63) is 35.4 Å². The molecule has 0 aromatic heterocycles. The molecule has 2 N–H and O–H groups in total. The molecular weight excluding hydrogens is 368 g/mol. The van der Waals surface area contributed by atoms with Gasteiger partial charge in [0.2, 0.25) is 10.0 Å². The van der Waals surface area contributed by atoms with Gasteiger partial charge in [0.1, 0.15) is 0 Å². The molecule has 0 spiro atoms. The normalized spacial score (nSPS) is 19.0. The van der Waals surface area contributed by atoms with Crippen molar-refractivity contribution in [1.82, 2.24) is 14.9 Å². The predicted octanol–water partition coefficient (Wildman–Crippen LogP) is 1.88. The molecule has 146 valence electrons. The van der Waals surface area contributed by atoms with E-state index in [4.69, 9.17) is 0 Å². The molecule has 1 aromatic carbocycles. The van der Waals surface area contributed by atoms with E-state index in [2.05, 4.69) is 33.8 Å². The fourth-order valence-electron chi connectivity index (χ4n) is 2.91. The molecule has 1 aliphatic heterocycles. The molecule has 0 bridgehead atoms. The number of sulfonamides is 1. The lowest BCUT2D eigenvalue weighted by molar-refractivity contribution is 0.380. The minimum atomic E-state index is -3.26. The molecule has 26 heavy (non-hydrogen) atoms. The molecule has 1 aromatic rings. The van der Waals surface area contributed by atoms with Gasteiger partial charge in [-0.3, -0.25) is 4.99 Å². The Kier molecular flexibility index (Phi) is 7.79. The summed E-state index contributed by atoms with van der Waals surface area (Å²) in [7, 11) is -0.0149. The molecule has 1 unspecified atom stereocenters. The third-order valence-electron chi connectivity index (χ3n) is 4.46. The van der Waals surface area contributed by atoms with Crippen LogP contribution in [0.15, 0.2) is 29.3 Å². The van der Waals surface area contributed by atoms with Crippen molar-refractivity contribution in [2.75, 3.05) is 32.9 Å². The number of hydrogen-bond donors (Lipinski definition) is 2. The van der Waals surface area contributed by atoms with Crippen molar-refractivity contribution in [3.8, 4) is 0 Å². The summed E-state index contributed by atoms with van der Waals surface area (Å²) in [5, 5.41) is 4.04. The van der Waals surface area contributed by atoms with Crippen LogP contribution in [-0.4, -0.2) is 57.5 Å². The minimum absolute atomic E-state index is 0.00845. The number of aliphatic imine (C=N–C) groups is 1. The summed E-state index contributed by atoms with van der Waals surface area (Å²) in [5.74, 6) is 2.66. The highest BCUT2D eigenvalue weighted by Gasteiger charge is 2.24. The lowest BCUT2D eigenvalue weighted by Crippen LogP contribution is -2.48. The minimum Gasteiger partial charge on any atom is -0.352 e. The van der Waals surface area contributed by atoms with Gasteiger partial charge in [0.25, 0.3) is 0 Å². The van der Waals surface area contributed by atoms with E-state index in [0.29, 0.717) is 17.7 Å². The summed E-state index contributed by atoms with van der Waals surface area (Å²) in [5.41, 5.74) is 1.82. The highest BCUT2D eigenvalue weighted by Crippen LogP contribution is 2.24. The maximum atomic E-state index is 11.7. The monoisotopic (exact) mass is 398 g/mol. The van der Waals surface area contributed by atoms with Crippen LogP contribution in [0.1, 0.15) is 25.0 Å². The molecule has 1 fully saturated rings. The standard InChI is InChI=1S/C18H30N4O2S2/c1-14(2)17-12-22(8-9-25-17)18(19-3)21-11-15-6-5-7-16(10-15)13-26(23,24)20-4/h5-7,10,14,17,20H,8-9,11-13H2,1-4H3,(H,19,21). The van der Waals surface area contributed by atoms with Gasteiger partial charge < -0.3 is 10.2 Å². The molecule has 6 nitrogen and oxygen atoms in total. The number of nitrogens with one attached hydrogen (secondary N) is 2. The van der Waals surface area contributed by atoms with E-state index < -0.39 is 10.0 Å². The van der Waals surface area contributed by atoms with Crippen molar-refractivity contribution >= 4 is 27.7 Å². The summed E-state index contributed by atoms with van der Waals surface area (Å²) < 4.78 is 25.8. The summed E-state index contributed by atoms with van der Waals surface area (Å²) in [6.07, 6.45) is 0. The predicted molar refractivity (Wildman–Crippen MR) is 111 cm³/mol. The highest BCUT2D eigenvalue weighted by atomic mass is 32.2. The van der Waals surface area contributed by atoms with Crippen LogP contribution in [0.25, 0.3) is 0 Å². The van der Waals surface area contributed by atoms with Crippen molar-refractivity contribution in [3.63, 3.8) is 0 Å². The number of thioether (sulfide) groups is 1. The zero-order chi connectivity index (χ0) is 19.2. The van der Waals surface area contributed by atoms with Crippen LogP contribution >= 0.6 is 11.8 Å². The lowest BCUT2D eigenvalue weighted by atomic mass is 10.1. The van der Waals surface area contributed by atoms with E-state index in [0.717, 1.165) is 35.9 Å². The van der Waals surface area contributed by atoms with Gasteiger partial charge >= 0.3 is 0 Å². The Bertz CT molecular complexity index is 720. The summed E-state index contributed by atoms with van der Waals surface area (Å²) >= 11 is 2.04. The van der Waals surface area contributed by atoms with E-state index in [1.165, 1.54) is 7.05 Å². The molecule has 1 heterocycles. The third kappa shape index (κ3) is 6.17. The third-order valence-corrected chi connectivity index (χ3v) is 7.33. The van der Waals surface area contributed by atoms with Crippen LogP contribution in [0.3, 0.4) is 0 Å². The van der Waals surface area contributed by atoms with Gasteiger partial charge in [-0.05, 0) is 24.1 Å². The fraction of sp³-hybridized carbons (Fsp3) is 0.611. The molecule has 0 aliphatic carbocycles. The molecule has 1 atom stereocenters. The second-order valence-electron chi connectivity index (χ2n) is 6.78. The fourth-order valence-corrected chi connectivity index (χ4v) is 4.97. The molecule has 0 amide bonds. The maximum absolute atomic E-state index is 11.7. The molecule has 8 heteroatoms. The Morgan fingerprint density at radius 1 is 1.38 bits per heavy atom. The number of hydrogen-bond acceptors (Lipinski definition) is 4. The Hall–Kier alpha value is -1.25. The summed E-state index contributed by atoms with van der Waals surface area (Å²) in [6, 6.07) is 7.66. The zero-order valence-electron chi connectivity index (χ0n) is 16.0. The second-order valence-corrected chi connectivity index (χ2v) is 10.1. The van der Waals surface area contributed by atoms with E-state index >= 15 is 0 Å². The van der Waals surface area contributed by atoms with Crippen LogP contribution in [0, 0.1) is 5.92 Å². The molecular formula is C18H30N4O2S2. The van der Waals surface area contributed by atoms with Crippen molar-refractivity contribution in [2.24, 2.45) is 10.9 Å². The Balaban J connectivity index is 1.98. The van der Waals surface area contributed by atoms with E-state index in [-0.39, 0.29) is 5.75 Å². The van der Waals surface area contributed by atoms with Crippen molar-refractivity contribution in [1.29, 1.82) is 0 Å². The van der Waals surface area contributed by atoms with Gasteiger partial charge in [0, 0.05) is 37.7 Å². The van der Waals surface area contributed by atoms with Crippen LogP contribution in [0.5, 0.6) is 0 Å². The van der Waals surface area contributed by atoms with E-state index in [1.54, 1.807) is 0 Å². The average molecular weight is 399 g/mol. The second kappa shape index (κ2) is 9.62. The number of benzene rings is 1. The molecule has 1 aliphatic rings.